The summed E-state index contributed by atoms with van der Waals surface area (Å²) in [7, 11) is 3.35. The van der Waals surface area contributed by atoms with E-state index >= 15 is 0 Å². The maximum absolute atomic E-state index is 6.01. The average Bonchev–Trinajstić information content (AvgIpc) is 3.18. The molecule has 148 valence electrons. The standard InChI is InChI=1S/C26H21NO3/c1-28-21-12-7-18(8-13-21)27(19-9-14-22(29-2)15-10-19)20-11-16-26-24(17-20)23-5-3-4-6-25(23)30-26/h3-17H,1-2H3. The molecule has 5 aromatic rings. The normalized spacial score (nSPS) is 11.0. The van der Waals surface area contributed by atoms with Crippen molar-refractivity contribution >= 4 is 39.0 Å². The third-order valence-electron chi connectivity index (χ3n) is 5.28. The Hall–Kier alpha value is -3.92. The summed E-state index contributed by atoms with van der Waals surface area (Å²) in [6, 6.07) is 30.5. The largest absolute Gasteiger partial charge is 0.497 e. The van der Waals surface area contributed by atoms with Crippen LogP contribution in [-0.4, -0.2) is 14.2 Å². The first kappa shape index (κ1) is 18.1. The lowest BCUT2D eigenvalue weighted by molar-refractivity contribution is 0.415. The van der Waals surface area contributed by atoms with Crippen LogP contribution in [0.5, 0.6) is 11.5 Å². The first-order valence-electron chi connectivity index (χ1n) is 9.76. The van der Waals surface area contributed by atoms with Gasteiger partial charge in [-0.15, -0.1) is 0 Å². The monoisotopic (exact) mass is 395 g/mol. The van der Waals surface area contributed by atoms with Crippen LogP contribution >= 0.6 is 0 Å². The summed E-state index contributed by atoms with van der Waals surface area (Å²) < 4.78 is 16.7. The molecule has 0 bridgehead atoms. The average molecular weight is 395 g/mol. The minimum Gasteiger partial charge on any atom is -0.497 e. The molecule has 1 aromatic heterocycles. The molecule has 4 aromatic carbocycles. The van der Waals surface area contributed by atoms with Gasteiger partial charge in [-0.3, -0.25) is 0 Å². The Balaban J connectivity index is 1.69. The van der Waals surface area contributed by atoms with Gasteiger partial charge in [-0.1, -0.05) is 18.2 Å². The lowest BCUT2D eigenvalue weighted by Gasteiger charge is -2.25. The molecule has 0 aliphatic heterocycles. The fraction of sp³-hybridized carbons (Fsp3) is 0.0769. The number of benzene rings is 4. The number of hydrogen-bond acceptors (Lipinski definition) is 4. The predicted octanol–water partition coefficient (Wildman–Crippen LogP) is 7.07. The van der Waals surface area contributed by atoms with Gasteiger partial charge in [-0.05, 0) is 72.8 Å². The number of rotatable bonds is 5. The summed E-state index contributed by atoms with van der Waals surface area (Å²) in [6.45, 7) is 0. The Morgan fingerprint density at radius 3 is 1.70 bits per heavy atom. The zero-order valence-corrected chi connectivity index (χ0v) is 16.8. The highest BCUT2D eigenvalue weighted by Crippen LogP contribution is 2.39. The van der Waals surface area contributed by atoms with Crippen LogP contribution in [-0.2, 0) is 0 Å². The smallest absolute Gasteiger partial charge is 0.135 e. The van der Waals surface area contributed by atoms with E-state index in [1.54, 1.807) is 14.2 Å². The summed E-state index contributed by atoms with van der Waals surface area (Å²) in [4.78, 5) is 2.21. The minimum absolute atomic E-state index is 0.824. The SMILES string of the molecule is COc1ccc(N(c2ccc(OC)cc2)c2ccc3oc4ccccc4c3c2)cc1. The van der Waals surface area contributed by atoms with Crippen molar-refractivity contribution in [1.29, 1.82) is 0 Å². The molecular weight excluding hydrogens is 374 g/mol. The molecule has 0 N–H and O–H groups in total. The molecule has 0 saturated carbocycles. The summed E-state index contributed by atoms with van der Waals surface area (Å²) in [6.07, 6.45) is 0. The zero-order valence-electron chi connectivity index (χ0n) is 16.8. The number of furan rings is 1. The molecule has 0 unspecified atom stereocenters. The first-order chi connectivity index (χ1) is 14.8. The van der Waals surface area contributed by atoms with Crippen molar-refractivity contribution in [3.63, 3.8) is 0 Å². The van der Waals surface area contributed by atoms with Crippen molar-refractivity contribution in [2.24, 2.45) is 0 Å². The highest BCUT2D eigenvalue weighted by atomic mass is 16.5. The minimum atomic E-state index is 0.824. The number of nitrogens with zero attached hydrogens (tertiary/aromatic N) is 1. The van der Waals surface area contributed by atoms with Gasteiger partial charge in [-0.25, -0.2) is 0 Å². The van der Waals surface area contributed by atoms with E-state index in [1.807, 2.05) is 48.5 Å². The van der Waals surface area contributed by atoms with Crippen molar-refractivity contribution in [2.75, 3.05) is 19.1 Å². The highest BCUT2D eigenvalue weighted by Gasteiger charge is 2.15. The summed E-state index contributed by atoms with van der Waals surface area (Å²) >= 11 is 0. The second-order valence-electron chi connectivity index (χ2n) is 7.01. The van der Waals surface area contributed by atoms with Crippen LogP contribution in [0.2, 0.25) is 0 Å². The Labute approximate surface area is 174 Å². The van der Waals surface area contributed by atoms with Gasteiger partial charge in [0.1, 0.15) is 22.7 Å². The van der Waals surface area contributed by atoms with Crippen LogP contribution in [0, 0.1) is 0 Å². The molecule has 0 fully saturated rings. The molecule has 30 heavy (non-hydrogen) atoms. The van der Waals surface area contributed by atoms with Gasteiger partial charge in [0.05, 0.1) is 14.2 Å². The maximum atomic E-state index is 6.01. The van der Waals surface area contributed by atoms with E-state index < -0.39 is 0 Å². The fourth-order valence-corrected chi connectivity index (χ4v) is 3.76. The molecule has 4 heteroatoms. The number of para-hydroxylation sites is 1. The van der Waals surface area contributed by atoms with Crippen LogP contribution in [0.3, 0.4) is 0 Å². The van der Waals surface area contributed by atoms with Crippen LogP contribution in [0.15, 0.2) is 95.4 Å². The lowest BCUT2D eigenvalue weighted by atomic mass is 10.1. The Bertz CT molecular complexity index is 1260. The Kier molecular flexibility index (Phi) is 4.52. The van der Waals surface area contributed by atoms with Crippen LogP contribution in [0.25, 0.3) is 21.9 Å². The lowest BCUT2D eigenvalue weighted by Crippen LogP contribution is -2.09. The quantitative estimate of drug-likeness (QED) is 0.319. The Morgan fingerprint density at radius 2 is 1.10 bits per heavy atom. The molecular formula is C26H21NO3. The van der Waals surface area contributed by atoms with Gasteiger partial charge in [0.2, 0.25) is 0 Å². The fourth-order valence-electron chi connectivity index (χ4n) is 3.76. The molecule has 0 amide bonds. The van der Waals surface area contributed by atoms with Crippen molar-refractivity contribution in [3.05, 3.63) is 91.0 Å². The highest BCUT2D eigenvalue weighted by molar-refractivity contribution is 6.06. The summed E-state index contributed by atoms with van der Waals surface area (Å²) in [5, 5.41) is 2.20. The molecule has 0 spiro atoms. The van der Waals surface area contributed by atoms with Crippen molar-refractivity contribution in [3.8, 4) is 11.5 Å². The maximum Gasteiger partial charge on any atom is 0.135 e. The van der Waals surface area contributed by atoms with Crippen molar-refractivity contribution in [2.45, 2.75) is 0 Å². The topological polar surface area (TPSA) is 34.8 Å². The molecule has 1 heterocycles. The van der Waals surface area contributed by atoms with Crippen molar-refractivity contribution in [1.82, 2.24) is 0 Å². The second-order valence-corrected chi connectivity index (χ2v) is 7.01. The van der Waals surface area contributed by atoms with E-state index in [4.69, 9.17) is 13.9 Å². The number of fused-ring (bicyclic) bond motifs is 3. The van der Waals surface area contributed by atoms with E-state index in [0.717, 1.165) is 50.5 Å². The molecule has 5 rings (SSSR count). The molecule has 0 aliphatic carbocycles. The molecule has 0 aliphatic rings. The molecule has 4 nitrogen and oxygen atoms in total. The predicted molar refractivity (Wildman–Crippen MR) is 122 cm³/mol. The van der Waals surface area contributed by atoms with E-state index in [1.165, 1.54) is 0 Å². The number of methoxy groups -OCH3 is 2. The van der Waals surface area contributed by atoms with Crippen LogP contribution in [0.1, 0.15) is 0 Å². The molecule has 0 radical (unpaired) electrons. The summed E-state index contributed by atoms with van der Waals surface area (Å²) in [5.74, 6) is 1.65. The zero-order chi connectivity index (χ0) is 20.5. The van der Waals surface area contributed by atoms with Gasteiger partial charge < -0.3 is 18.8 Å². The van der Waals surface area contributed by atoms with Gasteiger partial charge in [-0.2, -0.15) is 0 Å². The molecule has 0 atom stereocenters. The molecule has 0 saturated heterocycles. The van der Waals surface area contributed by atoms with Crippen LogP contribution < -0.4 is 14.4 Å². The number of anilines is 3. The third kappa shape index (κ3) is 3.12. The Morgan fingerprint density at radius 1 is 0.567 bits per heavy atom. The van der Waals surface area contributed by atoms with Crippen molar-refractivity contribution < 1.29 is 13.9 Å². The van der Waals surface area contributed by atoms with Gasteiger partial charge in [0, 0.05) is 27.8 Å². The summed E-state index contributed by atoms with van der Waals surface area (Å²) in [5.41, 5.74) is 4.89. The van der Waals surface area contributed by atoms with Crippen LogP contribution in [0.4, 0.5) is 17.1 Å². The third-order valence-corrected chi connectivity index (χ3v) is 5.28. The van der Waals surface area contributed by atoms with E-state index in [2.05, 4.69) is 47.4 Å². The van der Waals surface area contributed by atoms with Gasteiger partial charge in [0.25, 0.3) is 0 Å². The van der Waals surface area contributed by atoms with E-state index in [-0.39, 0.29) is 0 Å². The van der Waals surface area contributed by atoms with E-state index in [0.29, 0.717) is 0 Å². The van der Waals surface area contributed by atoms with Gasteiger partial charge >= 0.3 is 0 Å². The number of ether oxygens (including phenoxy) is 2. The first-order valence-corrected chi connectivity index (χ1v) is 9.76. The second kappa shape index (κ2) is 7.48. The number of hydrogen-bond donors (Lipinski definition) is 0. The van der Waals surface area contributed by atoms with Gasteiger partial charge in [0.15, 0.2) is 0 Å². The van der Waals surface area contributed by atoms with E-state index in [9.17, 15) is 0 Å².